The summed E-state index contributed by atoms with van der Waals surface area (Å²) in [5.74, 6) is 1.15. The molecule has 2 aromatic rings. The maximum Gasteiger partial charge on any atom is 0.273 e. The summed E-state index contributed by atoms with van der Waals surface area (Å²) in [7, 11) is 1.78. The summed E-state index contributed by atoms with van der Waals surface area (Å²) >= 11 is 3.30. The molecular formula is C13H12BrN3O3. The molecule has 0 saturated heterocycles. The average Bonchev–Trinajstić information content (AvgIpc) is 2.46. The number of nitrogens with zero attached hydrogens (tertiary/aromatic N) is 2. The summed E-state index contributed by atoms with van der Waals surface area (Å²) < 4.78 is 6.23. The smallest absolute Gasteiger partial charge is 0.273 e. The first-order valence-electron chi connectivity index (χ1n) is 5.80. The van der Waals surface area contributed by atoms with E-state index < -0.39 is 4.92 Å². The lowest BCUT2D eigenvalue weighted by atomic mass is 10.3. The Bertz CT molecular complexity index is 634. The van der Waals surface area contributed by atoms with Gasteiger partial charge in [-0.2, -0.15) is 0 Å². The Labute approximate surface area is 124 Å². The van der Waals surface area contributed by atoms with E-state index in [1.165, 1.54) is 12.1 Å². The number of nitrogens with one attached hydrogen (secondary N) is 1. The molecule has 7 heteroatoms. The largest absolute Gasteiger partial charge is 0.486 e. The Morgan fingerprint density at radius 1 is 1.40 bits per heavy atom. The van der Waals surface area contributed by atoms with Crippen molar-refractivity contribution in [3.05, 3.63) is 56.7 Å². The Morgan fingerprint density at radius 2 is 2.20 bits per heavy atom. The number of benzene rings is 1. The van der Waals surface area contributed by atoms with Crippen LogP contribution in [0.3, 0.4) is 0 Å². The zero-order valence-corrected chi connectivity index (χ0v) is 12.3. The number of rotatable bonds is 5. The van der Waals surface area contributed by atoms with Crippen LogP contribution >= 0.6 is 15.9 Å². The van der Waals surface area contributed by atoms with E-state index in [0.29, 0.717) is 10.2 Å². The molecule has 20 heavy (non-hydrogen) atoms. The molecule has 0 aliphatic heterocycles. The summed E-state index contributed by atoms with van der Waals surface area (Å²) in [6.07, 6.45) is 0. The second-order valence-corrected chi connectivity index (χ2v) is 4.78. The lowest BCUT2D eigenvalue weighted by Crippen LogP contribution is -2.01. The van der Waals surface area contributed by atoms with Gasteiger partial charge in [0, 0.05) is 13.1 Å². The van der Waals surface area contributed by atoms with Crippen molar-refractivity contribution in [2.24, 2.45) is 0 Å². The van der Waals surface area contributed by atoms with Gasteiger partial charge in [-0.3, -0.25) is 10.1 Å². The van der Waals surface area contributed by atoms with E-state index in [-0.39, 0.29) is 12.3 Å². The minimum atomic E-state index is -0.459. The normalized spacial score (nSPS) is 10.1. The van der Waals surface area contributed by atoms with Crippen LogP contribution < -0.4 is 10.1 Å². The minimum Gasteiger partial charge on any atom is -0.486 e. The Hall–Kier alpha value is -2.15. The lowest BCUT2D eigenvalue weighted by Gasteiger charge is -2.08. The zero-order chi connectivity index (χ0) is 14.5. The Balaban J connectivity index is 2.13. The molecule has 0 aliphatic carbocycles. The monoisotopic (exact) mass is 337 g/mol. The van der Waals surface area contributed by atoms with E-state index in [4.69, 9.17) is 4.74 Å². The van der Waals surface area contributed by atoms with Gasteiger partial charge in [0.15, 0.2) is 0 Å². The number of halogens is 1. The van der Waals surface area contributed by atoms with E-state index in [2.05, 4.69) is 26.2 Å². The topological polar surface area (TPSA) is 77.3 Å². The molecule has 0 bridgehead atoms. The number of anilines is 1. The van der Waals surface area contributed by atoms with Crippen LogP contribution in [-0.2, 0) is 6.61 Å². The summed E-state index contributed by atoms with van der Waals surface area (Å²) in [6, 6.07) is 9.91. The average molecular weight is 338 g/mol. The number of hydrogen-bond donors (Lipinski definition) is 1. The van der Waals surface area contributed by atoms with Crippen LogP contribution in [0.25, 0.3) is 0 Å². The maximum absolute atomic E-state index is 10.7. The fraction of sp³-hybridized carbons (Fsp3) is 0.154. The third-order valence-electron chi connectivity index (χ3n) is 2.56. The Kier molecular flexibility index (Phi) is 4.52. The van der Waals surface area contributed by atoms with Gasteiger partial charge in [0.2, 0.25) is 0 Å². The number of nitro benzene ring substituents is 1. The predicted octanol–water partition coefficient (Wildman–Crippen LogP) is 3.37. The van der Waals surface area contributed by atoms with Crippen molar-refractivity contribution in [2.45, 2.75) is 6.61 Å². The molecule has 2 rings (SSSR count). The lowest BCUT2D eigenvalue weighted by molar-refractivity contribution is -0.385. The molecule has 0 atom stereocenters. The van der Waals surface area contributed by atoms with E-state index in [0.717, 1.165) is 11.5 Å². The minimum absolute atomic E-state index is 0.0138. The third-order valence-corrected chi connectivity index (χ3v) is 3.22. The van der Waals surface area contributed by atoms with Gasteiger partial charge >= 0.3 is 0 Å². The number of ether oxygens (including phenoxy) is 1. The van der Waals surface area contributed by atoms with E-state index in [9.17, 15) is 10.1 Å². The zero-order valence-electron chi connectivity index (χ0n) is 10.7. The highest BCUT2D eigenvalue weighted by Gasteiger charge is 2.10. The summed E-state index contributed by atoms with van der Waals surface area (Å²) in [5.41, 5.74) is 0.718. The number of non-ortho nitro benzene ring substituents is 1. The molecule has 1 N–H and O–H groups in total. The molecule has 1 heterocycles. The Morgan fingerprint density at radius 3 is 2.90 bits per heavy atom. The van der Waals surface area contributed by atoms with Crippen LogP contribution in [0.4, 0.5) is 11.5 Å². The first-order chi connectivity index (χ1) is 9.60. The first-order valence-corrected chi connectivity index (χ1v) is 6.60. The quantitative estimate of drug-likeness (QED) is 0.668. The molecule has 0 fully saturated rings. The highest BCUT2D eigenvalue weighted by Crippen LogP contribution is 2.29. The molecule has 1 aromatic heterocycles. The van der Waals surface area contributed by atoms with Crippen molar-refractivity contribution < 1.29 is 9.66 Å². The van der Waals surface area contributed by atoms with Crippen LogP contribution in [0.15, 0.2) is 40.9 Å². The first kappa shape index (κ1) is 14.3. The number of aromatic nitrogens is 1. The maximum atomic E-state index is 10.7. The van der Waals surface area contributed by atoms with Gasteiger partial charge < -0.3 is 10.1 Å². The van der Waals surface area contributed by atoms with Crippen LogP contribution in [0.2, 0.25) is 0 Å². The van der Waals surface area contributed by atoms with Gasteiger partial charge in [-0.1, -0.05) is 6.07 Å². The summed E-state index contributed by atoms with van der Waals surface area (Å²) in [5, 5.41) is 13.7. The van der Waals surface area contributed by atoms with Crippen molar-refractivity contribution >= 4 is 27.4 Å². The second kappa shape index (κ2) is 6.33. The summed E-state index contributed by atoms with van der Waals surface area (Å²) in [4.78, 5) is 14.6. The van der Waals surface area contributed by atoms with Gasteiger partial charge in [-0.15, -0.1) is 0 Å². The van der Waals surface area contributed by atoms with Gasteiger partial charge in [-0.25, -0.2) is 4.98 Å². The molecule has 0 unspecified atom stereocenters. The molecule has 0 radical (unpaired) electrons. The fourth-order valence-electron chi connectivity index (χ4n) is 1.57. The highest BCUT2D eigenvalue weighted by molar-refractivity contribution is 9.10. The fourth-order valence-corrected chi connectivity index (χ4v) is 1.93. The van der Waals surface area contributed by atoms with Crippen LogP contribution in [-0.4, -0.2) is 17.0 Å². The molecule has 1 aromatic carbocycles. The van der Waals surface area contributed by atoms with E-state index in [1.807, 2.05) is 18.2 Å². The SMILES string of the molecule is CNc1cccc(COc2cc([N+](=O)[O-])ccc2Br)n1. The van der Waals surface area contributed by atoms with Crippen LogP contribution in [0.5, 0.6) is 5.75 Å². The van der Waals surface area contributed by atoms with Gasteiger partial charge in [0.25, 0.3) is 5.69 Å². The van der Waals surface area contributed by atoms with E-state index in [1.54, 1.807) is 13.1 Å². The van der Waals surface area contributed by atoms with Crippen molar-refractivity contribution in [1.29, 1.82) is 0 Å². The number of hydrogen-bond acceptors (Lipinski definition) is 5. The molecule has 6 nitrogen and oxygen atoms in total. The molecular weight excluding hydrogens is 326 g/mol. The number of pyridine rings is 1. The van der Waals surface area contributed by atoms with Gasteiger partial charge in [-0.05, 0) is 34.1 Å². The van der Waals surface area contributed by atoms with Crippen molar-refractivity contribution in [2.75, 3.05) is 12.4 Å². The van der Waals surface area contributed by atoms with Crippen LogP contribution in [0.1, 0.15) is 5.69 Å². The molecule has 0 saturated carbocycles. The summed E-state index contributed by atoms with van der Waals surface area (Å²) in [6.45, 7) is 0.231. The highest BCUT2D eigenvalue weighted by atomic mass is 79.9. The van der Waals surface area contributed by atoms with Gasteiger partial charge in [0.05, 0.1) is 21.2 Å². The van der Waals surface area contributed by atoms with E-state index >= 15 is 0 Å². The van der Waals surface area contributed by atoms with Crippen molar-refractivity contribution in [1.82, 2.24) is 4.98 Å². The molecule has 0 aliphatic rings. The predicted molar refractivity (Wildman–Crippen MR) is 78.9 cm³/mol. The van der Waals surface area contributed by atoms with Gasteiger partial charge in [0.1, 0.15) is 18.2 Å². The second-order valence-electron chi connectivity index (χ2n) is 3.92. The number of nitro groups is 1. The van der Waals surface area contributed by atoms with Crippen LogP contribution in [0, 0.1) is 10.1 Å². The van der Waals surface area contributed by atoms with Crippen molar-refractivity contribution in [3.8, 4) is 5.75 Å². The third kappa shape index (κ3) is 3.45. The van der Waals surface area contributed by atoms with Crippen molar-refractivity contribution in [3.63, 3.8) is 0 Å². The molecule has 0 amide bonds. The standard InChI is InChI=1S/C13H12BrN3O3/c1-15-13-4-2-3-9(16-13)8-20-12-7-10(17(18)19)5-6-11(12)14/h2-7H,8H2,1H3,(H,15,16). The molecule has 0 spiro atoms. The molecule has 104 valence electrons.